The van der Waals surface area contributed by atoms with Crippen molar-refractivity contribution >= 4 is 40.3 Å². The van der Waals surface area contributed by atoms with Crippen molar-refractivity contribution in [3.63, 3.8) is 0 Å². The molecule has 2 aromatic rings. The van der Waals surface area contributed by atoms with E-state index in [1.807, 2.05) is 36.2 Å². The topological polar surface area (TPSA) is 84.4 Å². The molecule has 0 bridgehead atoms. The third kappa shape index (κ3) is 4.53. The molecule has 2 fully saturated rings. The van der Waals surface area contributed by atoms with Gasteiger partial charge in [-0.2, -0.15) is 11.8 Å². The van der Waals surface area contributed by atoms with Crippen molar-refractivity contribution < 1.29 is 14.3 Å². The molecule has 2 aliphatic rings. The van der Waals surface area contributed by atoms with Crippen LogP contribution in [0, 0.1) is 0 Å². The zero-order valence-electron chi connectivity index (χ0n) is 16.6. The van der Waals surface area contributed by atoms with Gasteiger partial charge in [0.25, 0.3) is 0 Å². The number of thioether (sulfide) groups is 1. The number of ether oxygens (including phenoxy) is 1. The Morgan fingerprint density at radius 2 is 2.21 bits per heavy atom. The van der Waals surface area contributed by atoms with Crippen LogP contribution in [-0.4, -0.2) is 53.3 Å². The number of carbonyl (C=O) groups is 2. The van der Waals surface area contributed by atoms with Crippen LogP contribution in [-0.2, 0) is 16.1 Å². The quantitative estimate of drug-likeness (QED) is 0.433. The lowest BCUT2D eigenvalue weighted by atomic mass is 10.0. The van der Waals surface area contributed by atoms with Crippen LogP contribution in [0.2, 0.25) is 0 Å². The Morgan fingerprint density at radius 3 is 3.07 bits per heavy atom. The molecule has 3 amide bonds. The molecule has 0 aliphatic carbocycles. The van der Waals surface area contributed by atoms with E-state index in [1.54, 1.807) is 7.11 Å². The predicted molar refractivity (Wildman–Crippen MR) is 116 cm³/mol. The number of nitrogens with zero attached hydrogens (tertiary/aromatic N) is 1. The lowest BCUT2D eigenvalue weighted by Crippen LogP contribution is -2.36. The number of methoxy groups -OCH3 is 1. The Hall–Kier alpha value is -2.19. The van der Waals surface area contributed by atoms with Gasteiger partial charge < -0.3 is 25.3 Å². The summed E-state index contributed by atoms with van der Waals surface area (Å²) < 4.78 is 7.30. The molecule has 7 nitrogen and oxygen atoms in total. The molecule has 3 atom stereocenters. The number of aromatic nitrogens is 1. The summed E-state index contributed by atoms with van der Waals surface area (Å²) in [6.07, 6.45) is 5.41. The number of nitrogens with one attached hydrogen (secondary N) is 3. The van der Waals surface area contributed by atoms with E-state index in [0.717, 1.165) is 48.2 Å². The number of unbranched alkanes of at least 4 members (excludes halogenated alkanes) is 1. The summed E-state index contributed by atoms with van der Waals surface area (Å²) in [5.41, 5.74) is 1.96. The van der Waals surface area contributed by atoms with Gasteiger partial charge >= 0.3 is 6.03 Å². The van der Waals surface area contributed by atoms with E-state index in [9.17, 15) is 9.59 Å². The maximum Gasteiger partial charge on any atom is 0.315 e. The number of amides is 3. The van der Waals surface area contributed by atoms with Gasteiger partial charge in [0, 0.05) is 42.7 Å². The highest BCUT2D eigenvalue weighted by atomic mass is 32.2. The lowest BCUT2D eigenvalue weighted by molar-refractivity contribution is -0.116. The molecule has 8 heteroatoms. The Morgan fingerprint density at radius 1 is 1.31 bits per heavy atom. The lowest BCUT2D eigenvalue weighted by Gasteiger charge is -2.16. The van der Waals surface area contributed by atoms with Crippen LogP contribution in [0.1, 0.15) is 25.7 Å². The van der Waals surface area contributed by atoms with Gasteiger partial charge in [-0.05, 0) is 31.0 Å². The SMILES string of the molecule is COCCn1ccc2c(NC(=O)CCCC[C@@H]3SC[C@@H]4NC(=O)N[C@@H]43)cccc21. The Labute approximate surface area is 174 Å². The molecule has 0 radical (unpaired) electrons. The fraction of sp³-hybridized carbons (Fsp3) is 0.524. The fourth-order valence-electron chi connectivity index (χ4n) is 4.20. The molecule has 156 valence electrons. The van der Waals surface area contributed by atoms with Crippen LogP contribution in [0.5, 0.6) is 0 Å². The van der Waals surface area contributed by atoms with Gasteiger partial charge in [-0.25, -0.2) is 4.79 Å². The molecule has 29 heavy (non-hydrogen) atoms. The second-order valence-corrected chi connectivity index (χ2v) is 8.93. The number of anilines is 1. The smallest absolute Gasteiger partial charge is 0.315 e. The van der Waals surface area contributed by atoms with E-state index >= 15 is 0 Å². The third-order valence-electron chi connectivity index (χ3n) is 5.70. The molecule has 3 N–H and O–H groups in total. The van der Waals surface area contributed by atoms with E-state index in [1.165, 1.54) is 0 Å². The summed E-state index contributed by atoms with van der Waals surface area (Å²) >= 11 is 1.92. The monoisotopic (exact) mass is 416 g/mol. The molecule has 2 saturated heterocycles. The van der Waals surface area contributed by atoms with Crippen molar-refractivity contribution in [1.29, 1.82) is 0 Å². The van der Waals surface area contributed by atoms with Gasteiger partial charge in [-0.1, -0.05) is 12.5 Å². The molecule has 4 rings (SSSR count). The number of benzene rings is 1. The Balaban J connectivity index is 1.25. The second-order valence-electron chi connectivity index (χ2n) is 7.66. The largest absolute Gasteiger partial charge is 0.383 e. The van der Waals surface area contributed by atoms with Crippen molar-refractivity contribution in [1.82, 2.24) is 15.2 Å². The number of hydrogen-bond acceptors (Lipinski definition) is 4. The van der Waals surface area contributed by atoms with Crippen LogP contribution in [0.4, 0.5) is 10.5 Å². The first kappa shape index (κ1) is 20.1. The molecule has 0 spiro atoms. The Bertz CT molecular complexity index is 884. The molecular formula is C21H28N4O3S. The summed E-state index contributed by atoms with van der Waals surface area (Å²) in [5, 5.41) is 10.6. The highest BCUT2D eigenvalue weighted by Crippen LogP contribution is 2.33. The first-order chi connectivity index (χ1) is 14.2. The van der Waals surface area contributed by atoms with Crippen LogP contribution in [0.15, 0.2) is 30.5 Å². The first-order valence-electron chi connectivity index (χ1n) is 10.2. The zero-order valence-corrected chi connectivity index (χ0v) is 17.5. The first-order valence-corrected chi connectivity index (χ1v) is 11.3. The minimum Gasteiger partial charge on any atom is -0.383 e. The van der Waals surface area contributed by atoms with Gasteiger partial charge in [-0.15, -0.1) is 0 Å². The van der Waals surface area contributed by atoms with E-state index in [-0.39, 0.29) is 24.0 Å². The molecule has 2 aliphatic heterocycles. The van der Waals surface area contributed by atoms with E-state index in [4.69, 9.17) is 4.74 Å². The molecule has 3 heterocycles. The average Bonchev–Trinajstić information content (AvgIpc) is 3.38. The molecular weight excluding hydrogens is 388 g/mol. The minimum atomic E-state index is -0.0464. The van der Waals surface area contributed by atoms with Crippen molar-refractivity contribution in [3.8, 4) is 0 Å². The summed E-state index contributed by atoms with van der Waals surface area (Å²) in [4.78, 5) is 23.9. The standard InChI is InChI=1S/C21H28N4O3S/c1-28-12-11-25-10-9-14-15(5-4-6-17(14)25)22-19(26)8-3-2-7-18-20-16(13-29-18)23-21(27)24-20/h4-6,9-10,16,18,20H,2-3,7-8,11-13H2,1H3,(H,22,26)(H2,23,24,27)/t16-,18-,20-/m0/s1. The number of carbonyl (C=O) groups excluding carboxylic acids is 2. The van der Waals surface area contributed by atoms with Gasteiger partial charge in [0.2, 0.25) is 5.91 Å². The third-order valence-corrected chi connectivity index (χ3v) is 7.21. The van der Waals surface area contributed by atoms with Crippen LogP contribution < -0.4 is 16.0 Å². The molecule has 1 aromatic heterocycles. The van der Waals surface area contributed by atoms with Crippen LogP contribution in [0.3, 0.4) is 0 Å². The highest BCUT2D eigenvalue weighted by Gasteiger charge is 2.42. The minimum absolute atomic E-state index is 0.0464. The number of hydrogen-bond donors (Lipinski definition) is 3. The summed E-state index contributed by atoms with van der Waals surface area (Å²) in [6.45, 7) is 1.44. The van der Waals surface area contributed by atoms with Gasteiger partial charge in [0.05, 0.1) is 29.9 Å². The summed E-state index contributed by atoms with van der Waals surface area (Å²) in [5.74, 6) is 1.03. The summed E-state index contributed by atoms with van der Waals surface area (Å²) in [6, 6.07) is 8.47. The molecule has 1 aromatic carbocycles. The van der Waals surface area contributed by atoms with E-state index in [2.05, 4.69) is 26.6 Å². The van der Waals surface area contributed by atoms with Crippen molar-refractivity contribution in [3.05, 3.63) is 30.5 Å². The van der Waals surface area contributed by atoms with E-state index < -0.39 is 0 Å². The number of rotatable bonds is 9. The van der Waals surface area contributed by atoms with Crippen molar-refractivity contribution in [2.45, 2.75) is 49.6 Å². The number of urea groups is 1. The Kier molecular flexibility index (Phi) is 6.30. The predicted octanol–water partition coefficient (Wildman–Crippen LogP) is 2.95. The van der Waals surface area contributed by atoms with Crippen LogP contribution in [0.25, 0.3) is 10.9 Å². The summed E-state index contributed by atoms with van der Waals surface area (Å²) in [7, 11) is 1.70. The van der Waals surface area contributed by atoms with Crippen molar-refractivity contribution in [2.24, 2.45) is 0 Å². The normalized spacial score (nSPS) is 23.1. The second kappa shape index (κ2) is 9.09. The fourth-order valence-corrected chi connectivity index (χ4v) is 5.75. The average molecular weight is 417 g/mol. The van der Waals surface area contributed by atoms with Crippen molar-refractivity contribution in [2.75, 3.05) is 24.8 Å². The molecule has 0 saturated carbocycles. The molecule has 0 unspecified atom stereocenters. The van der Waals surface area contributed by atoms with Gasteiger partial charge in [-0.3, -0.25) is 4.79 Å². The number of fused-ring (bicyclic) bond motifs is 2. The highest BCUT2D eigenvalue weighted by molar-refractivity contribution is 8.00. The maximum absolute atomic E-state index is 12.4. The van der Waals surface area contributed by atoms with Crippen LogP contribution >= 0.6 is 11.8 Å². The maximum atomic E-state index is 12.4. The zero-order chi connectivity index (χ0) is 20.2. The van der Waals surface area contributed by atoms with Gasteiger partial charge in [0.15, 0.2) is 0 Å². The van der Waals surface area contributed by atoms with Gasteiger partial charge in [0.1, 0.15) is 0 Å². The van der Waals surface area contributed by atoms with E-state index in [0.29, 0.717) is 18.3 Å².